The minimum atomic E-state index is -0.375. The van der Waals surface area contributed by atoms with E-state index in [9.17, 15) is 9.59 Å². The van der Waals surface area contributed by atoms with Gasteiger partial charge in [-0.25, -0.2) is 0 Å². The fourth-order valence-corrected chi connectivity index (χ4v) is 2.08. The number of benzene rings is 2. The van der Waals surface area contributed by atoms with Gasteiger partial charge in [-0.2, -0.15) is 0 Å². The summed E-state index contributed by atoms with van der Waals surface area (Å²) in [6, 6.07) is 16.4. The van der Waals surface area contributed by atoms with Gasteiger partial charge < -0.3 is 16.0 Å². The van der Waals surface area contributed by atoms with Crippen LogP contribution in [0.5, 0.6) is 0 Å². The molecular weight excluding hydrogens is 290 g/mol. The molecule has 2 aromatic carbocycles. The Morgan fingerprint density at radius 1 is 0.957 bits per heavy atom. The number of likely N-dealkylation sites (N-methyl/N-ethyl adjacent to an activating group) is 1. The summed E-state index contributed by atoms with van der Waals surface area (Å²) in [5, 5.41) is 8.59. The van der Waals surface area contributed by atoms with Crippen LogP contribution in [0.3, 0.4) is 0 Å². The van der Waals surface area contributed by atoms with Crippen LogP contribution >= 0.6 is 0 Å². The number of para-hydroxylation sites is 1. The quantitative estimate of drug-likeness (QED) is 0.767. The van der Waals surface area contributed by atoms with Crippen molar-refractivity contribution in [3.05, 3.63) is 60.2 Å². The van der Waals surface area contributed by atoms with Crippen molar-refractivity contribution in [3.63, 3.8) is 0 Å². The monoisotopic (exact) mass is 311 g/mol. The van der Waals surface area contributed by atoms with Gasteiger partial charge in [-0.3, -0.25) is 9.59 Å². The first-order valence-corrected chi connectivity index (χ1v) is 7.50. The summed E-state index contributed by atoms with van der Waals surface area (Å²) in [5.74, 6) is -0.132. The SMILES string of the molecule is CNC(=O)Cc1ccc(N[C@@H](C)C(=O)Nc2ccccc2)cc1. The molecule has 3 N–H and O–H groups in total. The van der Waals surface area contributed by atoms with Crippen LogP contribution in [0.15, 0.2) is 54.6 Å². The molecule has 0 aliphatic heterocycles. The summed E-state index contributed by atoms with van der Waals surface area (Å²) in [4.78, 5) is 23.5. The fourth-order valence-electron chi connectivity index (χ4n) is 2.08. The third-order valence-electron chi connectivity index (χ3n) is 3.42. The van der Waals surface area contributed by atoms with Gasteiger partial charge in [0.15, 0.2) is 0 Å². The van der Waals surface area contributed by atoms with Crippen LogP contribution in [-0.4, -0.2) is 24.9 Å². The maximum atomic E-state index is 12.1. The molecule has 0 bridgehead atoms. The molecular formula is C18H21N3O2. The Bertz CT molecular complexity index is 654. The van der Waals surface area contributed by atoms with Crippen molar-refractivity contribution >= 4 is 23.2 Å². The topological polar surface area (TPSA) is 70.2 Å². The van der Waals surface area contributed by atoms with Gasteiger partial charge in [-0.05, 0) is 36.8 Å². The van der Waals surface area contributed by atoms with Crippen molar-refractivity contribution in [1.82, 2.24) is 5.32 Å². The Hall–Kier alpha value is -2.82. The summed E-state index contributed by atoms with van der Waals surface area (Å²) in [6.45, 7) is 1.80. The Kier molecular flexibility index (Phi) is 5.74. The maximum absolute atomic E-state index is 12.1. The highest BCUT2D eigenvalue weighted by atomic mass is 16.2. The van der Waals surface area contributed by atoms with Crippen LogP contribution < -0.4 is 16.0 Å². The van der Waals surface area contributed by atoms with E-state index in [2.05, 4.69) is 16.0 Å². The highest BCUT2D eigenvalue weighted by Gasteiger charge is 2.12. The highest BCUT2D eigenvalue weighted by Crippen LogP contribution is 2.12. The number of carbonyl (C=O) groups excluding carboxylic acids is 2. The summed E-state index contributed by atoms with van der Waals surface area (Å²) in [5.41, 5.74) is 2.53. The molecule has 23 heavy (non-hydrogen) atoms. The van der Waals surface area contributed by atoms with Crippen LogP contribution in [0.4, 0.5) is 11.4 Å². The largest absolute Gasteiger partial charge is 0.374 e. The molecule has 1 atom stereocenters. The molecule has 2 aromatic rings. The van der Waals surface area contributed by atoms with Gasteiger partial charge in [0.2, 0.25) is 11.8 Å². The van der Waals surface area contributed by atoms with Crippen molar-refractivity contribution in [2.45, 2.75) is 19.4 Å². The third kappa shape index (κ3) is 5.14. The number of amides is 2. The first kappa shape index (κ1) is 16.5. The van der Waals surface area contributed by atoms with E-state index in [0.29, 0.717) is 6.42 Å². The van der Waals surface area contributed by atoms with Crippen molar-refractivity contribution in [1.29, 1.82) is 0 Å². The number of carbonyl (C=O) groups is 2. The zero-order valence-corrected chi connectivity index (χ0v) is 13.3. The van der Waals surface area contributed by atoms with E-state index in [1.807, 2.05) is 54.6 Å². The number of hydrogen-bond acceptors (Lipinski definition) is 3. The molecule has 0 aliphatic rings. The number of hydrogen-bond donors (Lipinski definition) is 3. The zero-order valence-electron chi connectivity index (χ0n) is 13.3. The average molecular weight is 311 g/mol. The lowest BCUT2D eigenvalue weighted by molar-refractivity contribution is -0.120. The molecule has 0 radical (unpaired) electrons. The lowest BCUT2D eigenvalue weighted by atomic mass is 10.1. The molecule has 0 aromatic heterocycles. The van der Waals surface area contributed by atoms with Crippen LogP contribution in [0.2, 0.25) is 0 Å². The molecule has 0 spiro atoms. The maximum Gasteiger partial charge on any atom is 0.246 e. The second-order valence-electron chi connectivity index (χ2n) is 5.27. The standard InChI is InChI=1S/C18H21N3O2/c1-13(18(23)21-15-6-4-3-5-7-15)20-16-10-8-14(9-11-16)12-17(22)19-2/h3-11,13,20H,12H2,1-2H3,(H,19,22)(H,21,23)/t13-/m0/s1. The van der Waals surface area contributed by atoms with Gasteiger partial charge >= 0.3 is 0 Å². The predicted molar refractivity (Wildman–Crippen MR) is 92.4 cm³/mol. The summed E-state index contributed by atoms with van der Waals surface area (Å²) in [7, 11) is 1.62. The summed E-state index contributed by atoms with van der Waals surface area (Å²) < 4.78 is 0. The lowest BCUT2D eigenvalue weighted by Gasteiger charge is -2.15. The lowest BCUT2D eigenvalue weighted by Crippen LogP contribution is -2.31. The van der Waals surface area contributed by atoms with Crippen molar-refractivity contribution < 1.29 is 9.59 Å². The molecule has 0 fully saturated rings. The molecule has 2 amide bonds. The highest BCUT2D eigenvalue weighted by molar-refractivity contribution is 5.96. The van der Waals surface area contributed by atoms with Crippen LogP contribution in [-0.2, 0) is 16.0 Å². The van der Waals surface area contributed by atoms with Gasteiger partial charge in [0.25, 0.3) is 0 Å². The minimum Gasteiger partial charge on any atom is -0.374 e. The molecule has 0 saturated heterocycles. The minimum absolute atomic E-state index is 0.0266. The normalized spacial score (nSPS) is 11.4. The van der Waals surface area contributed by atoms with Crippen LogP contribution in [0.25, 0.3) is 0 Å². The van der Waals surface area contributed by atoms with E-state index in [0.717, 1.165) is 16.9 Å². The van der Waals surface area contributed by atoms with Crippen LogP contribution in [0, 0.1) is 0 Å². The molecule has 120 valence electrons. The van der Waals surface area contributed by atoms with Gasteiger partial charge in [0.1, 0.15) is 6.04 Å². The van der Waals surface area contributed by atoms with E-state index >= 15 is 0 Å². The Labute approximate surface area is 136 Å². The molecule has 0 aliphatic carbocycles. The molecule has 2 rings (SSSR count). The van der Waals surface area contributed by atoms with E-state index in [-0.39, 0.29) is 17.9 Å². The van der Waals surface area contributed by atoms with Gasteiger partial charge in [-0.1, -0.05) is 30.3 Å². The molecule has 0 heterocycles. The predicted octanol–water partition coefficient (Wildman–Crippen LogP) is 2.41. The molecule has 5 nitrogen and oxygen atoms in total. The first-order chi connectivity index (χ1) is 11.1. The second-order valence-corrected chi connectivity index (χ2v) is 5.27. The number of rotatable bonds is 6. The first-order valence-electron chi connectivity index (χ1n) is 7.50. The summed E-state index contributed by atoms with van der Waals surface area (Å²) in [6.07, 6.45) is 0.348. The van der Waals surface area contributed by atoms with Crippen molar-refractivity contribution in [2.24, 2.45) is 0 Å². The Morgan fingerprint density at radius 3 is 2.22 bits per heavy atom. The van der Waals surface area contributed by atoms with Crippen molar-refractivity contribution in [2.75, 3.05) is 17.7 Å². The number of nitrogens with one attached hydrogen (secondary N) is 3. The van der Waals surface area contributed by atoms with E-state index in [4.69, 9.17) is 0 Å². The zero-order chi connectivity index (χ0) is 16.7. The van der Waals surface area contributed by atoms with Crippen LogP contribution in [0.1, 0.15) is 12.5 Å². The summed E-state index contributed by atoms with van der Waals surface area (Å²) >= 11 is 0. The molecule has 0 unspecified atom stereocenters. The number of anilines is 2. The average Bonchev–Trinajstić information content (AvgIpc) is 2.57. The van der Waals surface area contributed by atoms with Gasteiger partial charge in [0, 0.05) is 18.4 Å². The smallest absolute Gasteiger partial charge is 0.246 e. The Morgan fingerprint density at radius 2 is 1.61 bits per heavy atom. The second kappa shape index (κ2) is 7.98. The molecule has 0 saturated carbocycles. The Balaban J connectivity index is 1.90. The molecule has 5 heteroatoms. The van der Waals surface area contributed by atoms with E-state index in [1.165, 1.54) is 0 Å². The van der Waals surface area contributed by atoms with E-state index < -0.39 is 0 Å². The van der Waals surface area contributed by atoms with E-state index in [1.54, 1.807) is 14.0 Å². The third-order valence-corrected chi connectivity index (χ3v) is 3.42. The van der Waals surface area contributed by atoms with Gasteiger partial charge in [-0.15, -0.1) is 0 Å². The van der Waals surface area contributed by atoms with Gasteiger partial charge in [0.05, 0.1) is 6.42 Å². The fraction of sp³-hybridized carbons (Fsp3) is 0.222. The van der Waals surface area contributed by atoms with Crippen molar-refractivity contribution in [3.8, 4) is 0 Å².